The molecule has 116 valence electrons. The molecule has 0 aliphatic heterocycles. The van der Waals surface area contributed by atoms with Gasteiger partial charge in [0.1, 0.15) is 4.88 Å². The molecule has 8 heteroatoms. The fourth-order valence-electron chi connectivity index (χ4n) is 1.72. The van der Waals surface area contributed by atoms with Crippen LogP contribution in [0, 0.1) is 0 Å². The lowest BCUT2D eigenvalue weighted by molar-refractivity contribution is 0.104. The number of thiazole rings is 1. The fourth-order valence-corrected chi connectivity index (χ4v) is 2.69. The maximum absolute atomic E-state index is 12.5. The number of halogens is 2. The smallest absolute Gasteiger partial charge is 0.205 e. The van der Waals surface area contributed by atoms with Crippen LogP contribution in [-0.4, -0.2) is 17.8 Å². The molecule has 2 aromatic rings. The number of carbonyl (C=O) groups excluding carboxylic acids is 1. The van der Waals surface area contributed by atoms with Crippen molar-refractivity contribution in [2.24, 2.45) is 0 Å². The zero-order valence-electron chi connectivity index (χ0n) is 11.7. The van der Waals surface area contributed by atoms with Crippen molar-refractivity contribution < 1.29 is 4.79 Å². The molecule has 1 aromatic carbocycles. The Labute approximate surface area is 140 Å². The highest BCUT2D eigenvalue weighted by molar-refractivity contribution is 7.17. The van der Waals surface area contributed by atoms with Gasteiger partial charge in [-0.05, 0) is 24.6 Å². The summed E-state index contributed by atoms with van der Waals surface area (Å²) in [5.41, 5.74) is 13.6. The topological polar surface area (TPSA) is 94.0 Å². The second-order valence-electron chi connectivity index (χ2n) is 4.07. The van der Waals surface area contributed by atoms with Gasteiger partial charge in [0.2, 0.25) is 5.78 Å². The Hall–Kier alpha value is -1.50. The van der Waals surface area contributed by atoms with E-state index in [1.54, 1.807) is 25.2 Å². The number of nitrogen functional groups attached to an aromatic ring is 2. The van der Waals surface area contributed by atoms with E-state index >= 15 is 0 Å². The Balaban J connectivity index is 0.00000200. The molecule has 21 heavy (non-hydrogen) atoms. The van der Waals surface area contributed by atoms with Crippen molar-refractivity contribution in [3.63, 3.8) is 0 Å². The van der Waals surface area contributed by atoms with Gasteiger partial charge in [-0.15, -0.1) is 24.8 Å². The number of nitrogens with two attached hydrogens (primary N) is 2. The van der Waals surface area contributed by atoms with Crippen LogP contribution in [0.15, 0.2) is 18.2 Å². The number of ketones is 1. The van der Waals surface area contributed by atoms with Crippen LogP contribution in [0.1, 0.15) is 27.9 Å². The Morgan fingerprint density at radius 3 is 2.48 bits per heavy atom. The molecule has 0 unspecified atom stereocenters. The molecule has 5 N–H and O–H groups in total. The van der Waals surface area contributed by atoms with Crippen LogP contribution in [0.2, 0.25) is 0 Å². The lowest BCUT2D eigenvalue weighted by atomic mass is 10.1. The van der Waals surface area contributed by atoms with Crippen molar-refractivity contribution in [2.45, 2.75) is 13.3 Å². The standard InChI is InChI=1S/C13H16N4OS.2ClH/c1-3-10-12(19-13(16-2)17-10)11(18)7-4-5-8(14)9(15)6-7;;/h4-6H,3,14-15H2,1-2H3,(H,16,17);2*1H. The van der Waals surface area contributed by atoms with E-state index in [2.05, 4.69) is 10.3 Å². The van der Waals surface area contributed by atoms with Crippen LogP contribution in [0.4, 0.5) is 16.5 Å². The highest BCUT2D eigenvalue weighted by Crippen LogP contribution is 2.27. The number of aromatic nitrogens is 1. The molecule has 0 atom stereocenters. The highest BCUT2D eigenvalue weighted by atomic mass is 35.5. The summed E-state index contributed by atoms with van der Waals surface area (Å²) < 4.78 is 0. The summed E-state index contributed by atoms with van der Waals surface area (Å²) in [5.74, 6) is -0.0671. The Morgan fingerprint density at radius 1 is 1.29 bits per heavy atom. The van der Waals surface area contributed by atoms with E-state index in [0.717, 1.165) is 10.8 Å². The van der Waals surface area contributed by atoms with E-state index in [-0.39, 0.29) is 30.6 Å². The summed E-state index contributed by atoms with van der Waals surface area (Å²) in [5, 5.41) is 3.70. The van der Waals surface area contributed by atoms with Gasteiger partial charge in [0.15, 0.2) is 5.13 Å². The van der Waals surface area contributed by atoms with Crippen molar-refractivity contribution in [1.82, 2.24) is 4.98 Å². The zero-order valence-corrected chi connectivity index (χ0v) is 14.1. The quantitative estimate of drug-likeness (QED) is 0.583. The fraction of sp³-hybridized carbons (Fsp3) is 0.231. The summed E-state index contributed by atoms with van der Waals surface area (Å²) in [4.78, 5) is 17.5. The van der Waals surface area contributed by atoms with Gasteiger partial charge in [-0.3, -0.25) is 4.79 Å². The average Bonchev–Trinajstić information content (AvgIpc) is 2.84. The van der Waals surface area contributed by atoms with Crippen LogP contribution < -0.4 is 16.8 Å². The van der Waals surface area contributed by atoms with Crippen LogP contribution in [0.25, 0.3) is 0 Å². The number of benzene rings is 1. The molecule has 0 bridgehead atoms. The van der Waals surface area contributed by atoms with Crippen molar-refractivity contribution in [2.75, 3.05) is 23.8 Å². The molecule has 5 nitrogen and oxygen atoms in total. The summed E-state index contributed by atoms with van der Waals surface area (Å²) in [6, 6.07) is 4.94. The van der Waals surface area contributed by atoms with Crippen molar-refractivity contribution in [3.05, 3.63) is 34.3 Å². The molecule has 0 aliphatic carbocycles. The van der Waals surface area contributed by atoms with Gasteiger partial charge >= 0.3 is 0 Å². The number of carbonyl (C=O) groups is 1. The van der Waals surface area contributed by atoms with Crippen LogP contribution in [-0.2, 0) is 6.42 Å². The monoisotopic (exact) mass is 348 g/mol. The maximum atomic E-state index is 12.5. The van der Waals surface area contributed by atoms with Gasteiger partial charge in [0, 0.05) is 12.6 Å². The number of hydrogen-bond donors (Lipinski definition) is 3. The molecule has 0 saturated heterocycles. The van der Waals surface area contributed by atoms with Gasteiger partial charge in [-0.25, -0.2) is 4.98 Å². The molecule has 0 amide bonds. The van der Waals surface area contributed by atoms with Gasteiger partial charge in [0.25, 0.3) is 0 Å². The van der Waals surface area contributed by atoms with E-state index in [0.29, 0.717) is 28.2 Å². The third-order valence-electron chi connectivity index (χ3n) is 2.80. The first kappa shape index (κ1) is 19.5. The van der Waals surface area contributed by atoms with Crippen LogP contribution in [0.3, 0.4) is 0 Å². The van der Waals surface area contributed by atoms with Crippen LogP contribution >= 0.6 is 36.2 Å². The Kier molecular flexibility index (Phi) is 7.49. The van der Waals surface area contributed by atoms with Crippen molar-refractivity contribution in [1.29, 1.82) is 0 Å². The first-order chi connectivity index (χ1) is 9.06. The minimum absolute atomic E-state index is 0. The van der Waals surface area contributed by atoms with Gasteiger partial charge in [-0.2, -0.15) is 0 Å². The van der Waals surface area contributed by atoms with E-state index < -0.39 is 0 Å². The summed E-state index contributed by atoms with van der Waals surface area (Å²) in [6.45, 7) is 1.97. The molecular formula is C13H18Cl2N4OS. The van der Waals surface area contributed by atoms with E-state index in [1.807, 2.05) is 6.92 Å². The van der Waals surface area contributed by atoms with E-state index in [4.69, 9.17) is 11.5 Å². The summed E-state index contributed by atoms with van der Waals surface area (Å²) in [7, 11) is 1.79. The number of rotatable bonds is 4. The van der Waals surface area contributed by atoms with Crippen molar-refractivity contribution in [3.8, 4) is 0 Å². The molecule has 0 radical (unpaired) electrons. The lowest BCUT2D eigenvalue weighted by Crippen LogP contribution is -2.04. The van der Waals surface area contributed by atoms with Gasteiger partial charge in [0.05, 0.1) is 17.1 Å². The number of nitrogens with zero attached hydrogens (tertiary/aromatic N) is 1. The second-order valence-corrected chi connectivity index (χ2v) is 5.07. The lowest BCUT2D eigenvalue weighted by Gasteiger charge is -2.03. The number of nitrogens with one attached hydrogen (secondary N) is 1. The molecular weight excluding hydrogens is 331 g/mol. The number of hydrogen-bond acceptors (Lipinski definition) is 6. The third kappa shape index (κ3) is 4.00. The normalized spacial score (nSPS) is 9.43. The highest BCUT2D eigenvalue weighted by Gasteiger charge is 2.18. The molecule has 0 fully saturated rings. The second kappa shape index (κ2) is 8.07. The maximum Gasteiger partial charge on any atom is 0.205 e. The largest absolute Gasteiger partial charge is 0.397 e. The minimum atomic E-state index is -0.0671. The zero-order chi connectivity index (χ0) is 14.0. The van der Waals surface area contributed by atoms with Gasteiger partial charge in [-0.1, -0.05) is 18.3 Å². The predicted molar refractivity (Wildman–Crippen MR) is 94.2 cm³/mol. The van der Waals surface area contributed by atoms with Crippen molar-refractivity contribution >= 4 is 58.4 Å². The molecule has 0 aliphatic rings. The summed E-state index contributed by atoms with van der Waals surface area (Å²) >= 11 is 1.35. The molecule has 0 saturated carbocycles. The number of aryl methyl sites for hydroxylation is 1. The van der Waals surface area contributed by atoms with E-state index in [9.17, 15) is 4.79 Å². The average molecular weight is 349 g/mol. The number of anilines is 3. The Bertz CT molecular complexity index is 631. The van der Waals surface area contributed by atoms with Crippen LogP contribution in [0.5, 0.6) is 0 Å². The summed E-state index contributed by atoms with van der Waals surface area (Å²) in [6.07, 6.45) is 0.712. The molecule has 1 heterocycles. The molecule has 2 rings (SSSR count). The first-order valence-electron chi connectivity index (χ1n) is 5.94. The third-order valence-corrected chi connectivity index (χ3v) is 3.92. The predicted octanol–water partition coefficient (Wildman–Crippen LogP) is 2.99. The first-order valence-corrected chi connectivity index (χ1v) is 6.75. The minimum Gasteiger partial charge on any atom is -0.397 e. The molecule has 1 aromatic heterocycles. The SMILES string of the molecule is CCc1nc(NC)sc1C(=O)c1ccc(N)c(N)c1.Cl.Cl. The van der Waals surface area contributed by atoms with E-state index in [1.165, 1.54) is 11.3 Å². The Morgan fingerprint density at radius 2 is 1.95 bits per heavy atom. The molecule has 0 spiro atoms. The van der Waals surface area contributed by atoms with Gasteiger partial charge < -0.3 is 16.8 Å².